The summed E-state index contributed by atoms with van der Waals surface area (Å²) >= 11 is 0. The van der Waals surface area contributed by atoms with Crippen molar-refractivity contribution in [2.75, 3.05) is 18.0 Å². The number of rotatable bonds is 3. The van der Waals surface area contributed by atoms with Crippen molar-refractivity contribution in [1.82, 2.24) is 19.9 Å². The fraction of sp³-hybridized carbons (Fsp3) is 0.250. The summed E-state index contributed by atoms with van der Waals surface area (Å²) in [4.78, 5) is 17.8. The van der Waals surface area contributed by atoms with Crippen LogP contribution < -0.4 is 9.64 Å². The molecule has 9 heteroatoms. The lowest BCUT2D eigenvalue weighted by molar-refractivity contribution is -0.141. The molecule has 6 nitrogen and oxygen atoms in total. The molecule has 0 spiro atoms. The van der Waals surface area contributed by atoms with Crippen molar-refractivity contribution in [2.45, 2.75) is 12.3 Å². The molecular weight excluding hydrogens is 335 g/mol. The molecule has 1 fully saturated rings. The first-order chi connectivity index (χ1) is 12.0. The third-order valence-electron chi connectivity index (χ3n) is 3.89. The standard InChI is InChI=1S/C16H12F3N5O/c17-16(18,19)14-5-10(1-4-21-14)25-11-7-24(8-11)15-12-2-3-20-6-13(12)22-9-23-15/h1-6,9,11H,7-8H2. The van der Waals surface area contributed by atoms with Gasteiger partial charge in [0.25, 0.3) is 0 Å². The van der Waals surface area contributed by atoms with E-state index in [4.69, 9.17) is 4.74 Å². The molecule has 4 heterocycles. The van der Waals surface area contributed by atoms with Gasteiger partial charge in [-0.1, -0.05) is 0 Å². The quantitative estimate of drug-likeness (QED) is 0.726. The summed E-state index contributed by atoms with van der Waals surface area (Å²) in [6.07, 6.45) is 1.18. The maximum atomic E-state index is 12.7. The first-order valence-corrected chi connectivity index (χ1v) is 7.50. The number of anilines is 1. The molecule has 3 aromatic heterocycles. The predicted octanol–water partition coefficient (Wildman–Crippen LogP) is 2.71. The maximum Gasteiger partial charge on any atom is 0.433 e. The van der Waals surface area contributed by atoms with Crippen LogP contribution in [0.4, 0.5) is 19.0 Å². The van der Waals surface area contributed by atoms with Crippen LogP contribution in [0.25, 0.3) is 10.9 Å². The zero-order chi connectivity index (χ0) is 17.4. The summed E-state index contributed by atoms with van der Waals surface area (Å²) in [7, 11) is 0. The van der Waals surface area contributed by atoms with Gasteiger partial charge < -0.3 is 9.64 Å². The van der Waals surface area contributed by atoms with E-state index in [1.165, 1.54) is 12.4 Å². The minimum atomic E-state index is -4.49. The smallest absolute Gasteiger partial charge is 0.433 e. The number of nitrogens with zero attached hydrogens (tertiary/aromatic N) is 5. The topological polar surface area (TPSA) is 64.0 Å². The Bertz CT molecular complexity index is 906. The van der Waals surface area contributed by atoms with E-state index in [2.05, 4.69) is 19.9 Å². The Morgan fingerprint density at radius 1 is 1.08 bits per heavy atom. The fourth-order valence-electron chi connectivity index (χ4n) is 2.66. The Morgan fingerprint density at radius 2 is 1.92 bits per heavy atom. The van der Waals surface area contributed by atoms with E-state index in [0.29, 0.717) is 13.1 Å². The summed E-state index contributed by atoms with van der Waals surface area (Å²) in [5, 5.41) is 0.874. The second-order valence-corrected chi connectivity index (χ2v) is 5.61. The van der Waals surface area contributed by atoms with Crippen molar-refractivity contribution in [3.63, 3.8) is 0 Å². The molecule has 1 aliphatic rings. The summed E-state index contributed by atoms with van der Waals surface area (Å²) in [5.74, 6) is 0.918. The highest BCUT2D eigenvalue weighted by molar-refractivity contribution is 5.88. The van der Waals surface area contributed by atoms with E-state index in [1.807, 2.05) is 11.0 Å². The summed E-state index contributed by atoms with van der Waals surface area (Å²) in [6, 6.07) is 4.16. The van der Waals surface area contributed by atoms with Crippen molar-refractivity contribution >= 4 is 16.7 Å². The van der Waals surface area contributed by atoms with E-state index in [0.717, 1.165) is 29.0 Å². The number of hydrogen-bond donors (Lipinski definition) is 0. The molecule has 1 aliphatic heterocycles. The van der Waals surface area contributed by atoms with E-state index in [1.54, 1.807) is 12.4 Å². The number of hydrogen-bond acceptors (Lipinski definition) is 6. The Hall–Kier alpha value is -2.97. The molecule has 0 aromatic carbocycles. The number of pyridine rings is 2. The first-order valence-electron chi connectivity index (χ1n) is 7.50. The second kappa shape index (κ2) is 5.83. The molecule has 25 heavy (non-hydrogen) atoms. The van der Waals surface area contributed by atoms with Gasteiger partial charge >= 0.3 is 6.18 Å². The third-order valence-corrected chi connectivity index (χ3v) is 3.89. The minimum Gasteiger partial charge on any atom is -0.487 e. The van der Waals surface area contributed by atoms with Crippen LogP contribution in [0.5, 0.6) is 5.75 Å². The van der Waals surface area contributed by atoms with Crippen LogP contribution in [-0.4, -0.2) is 39.1 Å². The SMILES string of the molecule is FC(F)(F)c1cc(OC2CN(c3ncnc4cnccc34)C2)ccn1. The van der Waals surface area contributed by atoms with Gasteiger partial charge in [0.05, 0.1) is 24.8 Å². The normalized spacial score (nSPS) is 15.2. The largest absolute Gasteiger partial charge is 0.487 e. The van der Waals surface area contributed by atoms with Crippen molar-refractivity contribution in [1.29, 1.82) is 0 Å². The molecule has 0 aliphatic carbocycles. The van der Waals surface area contributed by atoms with Gasteiger partial charge in [-0.15, -0.1) is 0 Å². The molecule has 0 bridgehead atoms. The van der Waals surface area contributed by atoms with Crippen LogP contribution in [0.1, 0.15) is 5.69 Å². The summed E-state index contributed by atoms with van der Waals surface area (Å²) in [5.41, 5.74) is -0.226. The lowest BCUT2D eigenvalue weighted by Gasteiger charge is -2.40. The average Bonchev–Trinajstić information content (AvgIpc) is 2.57. The summed E-state index contributed by atoms with van der Waals surface area (Å²) < 4.78 is 43.7. The molecule has 0 amide bonds. The van der Waals surface area contributed by atoms with Crippen molar-refractivity contribution < 1.29 is 17.9 Å². The van der Waals surface area contributed by atoms with E-state index < -0.39 is 11.9 Å². The van der Waals surface area contributed by atoms with E-state index in [9.17, 15) is 13.2 Å². The van der Waals surface area contributed by atoms with Crippen LogP contribution in [-0.2, 0) is 6.18 Å². The molecule has 128 valence electrons. The number of alkyl halides is 3. The monoisotopic (exact) mass is 347 g/mol. The number of fused-ring (bicyclic) bond motifs is 1. The van der Waals surface area contributed by atoms with Gasteiger partial charge in [0.1, 0.15) is 29.7 Å². The van der Waals surface area contributed by atoms with Crippen molar-refractivity contribution in [2.24, 2.45) is 0 Å². The lowest BCUT2D eigenvalue weighted by Crippen LogP contribution is -2.54. The van der Waals surface area contributed by atoms with Crippen LogP contribution in [0.2, 0.25) is 0 Å². The molecule has 0 atom stereocenters. The van der Waals surface area contributed by atoms with Crippen molar-refractivity contribution in [3.05, 3.63) is 48.8 Å². The molecule has 0 N–H and O–H groups in total. The Labute approximate surface area is 140 Å². The molecule has 0 saturated carbocycles. The van der Waals surface area contributed by atoms with Crippen LogP contribution in [0, 0.1) is 0 Å². The van der Waals surface area contributed by atoms with Gasteiger partial charge in [0, 0.05) is 23.8 Å². The Morgan fingerprint density at radius 3 is 2.72 bits per heavy atom. The third kappa shape index (κ3) is 3.04. The Kier molecular flexibility index (Phi) is 3.63. The Balaban J connectivity index is 1.46. The number of ether oxygens (including phenoxy) is 1. The highest BCUT2D eigenvalue weighted by Crippen LogP contribution is 2.31. The van der Waals surface area contributed by atoms with Crippen LogP contribution in [0.15, 0.2) is 43.1 Å². The van der Waals surface area contributed by atoms with Gasteiger partial charge in [-0.3, -0.25) is 9.97 Å². The lowest BCUT2D eigenvalue weighted by atomic mass is 10.1. The summed E-state index contributed by atoms with van der Waals surface area (Å²) in [6.45, 7) is 1.05. The molecule has 4 rings (SSSR count). The average molecular weight is 347 g/mol. The van der Waals surface area contributed by atoms with Gasteiger partial charge in [0.15, 0.2) is 0 Å². The van der Waals surface area contributed by atoms with Gasteiger partial charge in [-0.25, -0.2) is 9.97 Å². The molecule has 1 saturated heterocycles. The molecule has 3 aromatic rings. The molecular formula is C16H12F3N5O. The first kappa shape index (κ1) is 15.6. The van der Waals surface area contributed by atoms with E-state index >= 15 is 0 Å². The highest BCUT2D eigenvalue weighted by Gasteiger charge is 2.34. The second-order valence-electron chi connectivity index (χ2n) is 5.61. The number of aromatic nitrogens is 4. The highest BCUT2D eigenvalue weighted by atomic mass is 19.4. The molecule has 0 radical (unpaired) electrons. The fourth-order valence-corrected chi connectivity index (χ4v) is 2.66. The van der Waals surface area contributed by atoms with Gasteiger partial charge in [0.2, 0.25) is 0 Å². The molecule has 0 unspecified atom stereocenters. The van der Waals surface area contributed by atoms with E-state index in [-0.39, 0.29) is 11.9 Å². The minimum absolute atomic E-state index is 0.156. The predicted molar refractivity (Wildman–Crippen MR) is 83.2 cm³/mol. The van der Waals surface area contributed by atoms with Crippen molar-refractivity contribution in [3.8, 4) is 5.75 Å². The van der Waals surface area contributed by atoms with Crippen LogP contribution >= 0.6 is 0 Å². The zero-order valence-electron chi connectivity index (χ0n) is 12.8. The number of halogens is 3. The maximum absolute atomic E-state index is 12.7. The van der Waals surface area contributed by atoms with Gasteiger partial charge in [-0.2, -0.15) is 13.2 Å². The zero-order valence-corrected chi connectivity index (χ0v) is 12.8. The van der Waals surface area contributed by atoms with Gasteiger partial charge in [-0.05, 0) is 12.1 Å². The van der Waals surface area contributed by atoms with Crippen LogP contribution in [0.3, 0.4) is 0 Å².